The van der Waals surface area contributed by atoms with E-state index in [1.807, 2.05) is 38.1 Å². The van der Waals surface area contributed by atoms with Crippen molar-refractivity contribution in [3.63, 3.8) is 0 Å². The summed E-state index contributed by atoms with van der Waals surface area (Å²) < 4.78 is 86.8. The molecule has 3 aliphatic rings. The number of aliphatic hydroxyl groups is 3. The number of ether oxygens (including phenoxy) is 9. The number of aliphatic hydroxyl groups excluding tert-OH is 3. The number of hydrogen-bond donors (Lipinski definition) is 8. The first-order chi connectivity index (χ1) is 50.6. The largest absolute Gasteiger partial charge is 0.496 e. The SMILES string of the molecule is COc1cc(C(O)C(Cn2nnc3c(C(=O)O)cccc32)OC2CCCC2)cc(OCc2cccc(CCCOC(CN/C=C3/N=CC=C(C(=O)O)C3=N)C(O)c3cc(OC)c(C)c(OCC4CCC(OC(Cn5cc6nccc(C(=O)O)c6n5)C(O)c5cc(OC)c(C(F)F)c(OC)c5)C4)c3)c2)c1C. The molecule has 105 heavy (non-hydrogen) atoms. The van der Waals surface area contributed by atoms with E-state index in [1.54, 1.807) is 48.2 Å². The van der Waals surface area contributed by atoms with E-state index >= 15 is 0 Å². The van der Waals surface area contributed by atoms with Gasteiger partial charge in [-0.1, -0.05) is 48.4 Å². The van der Waals surface area contributed by atoms with E-state index in [2.05, 4.69) is 30.7 Å². The number of alkyl halides is 2. The number of aromatic nitrogens is 6. The maximum absolute atomic E-state index is 14.3. The minimum atomic E-state index is -2.96. The number of carbonyl (C=O) groups is 3. The van der Waals surface area contributed by atoms with E-state index < -0.39 is 72.6 Å². The second kappa shape index (κ2) is 34.4. The zero-order chi connectivity index (χ0) is 74.6. The summed E-state index contributed by atoms with van der Waals surface area (Å²) in [5.74, 6) is -2.32. The van der Waals surface area contributed by atoms with Crippen LogP contribution < -0.4 is 33.7 Å². The lowest BCUT2D eigenvalue weighted by Crippen LogP contribution is -2.33. The number of carboxylic acids is 3. The Bertz CT molecular complexity index is 4530. The number of allylic oxidation sites excluding steroid dienone is 2. The van der Waals surface area contributed by atoms with Gasteiger partial charge in [0, 0.05) is 42.9 Å². The first-order valence-corrected chi connectivity index (χ1v) is 34.5. The third-order valence-corrected chi connectivity index (χ3v) is 19.3. The van der Waals surface area contributed by atoms with E-state index in [9.17, 15) is 53.8 Å². The zero-order valence-electron chi connectivity index (χ0n) is 58.8. The number of dihydropyridines is 1. The first kappa shape index (κ1) is 75.7. The van der Waals surface area contributed by atoms with E-state index in [4.69, 9.17) is 48.0 Å². The molecule has 8 aromatic rings. The number of nitrogens with one attached hydrogen (secondary N) is 2. The molecule has 0 spiro atoms. The van der Waals surface area contributed by atoms with Crippen molar-refractivity contribution in [3.05, 3.63) is 177 Å². The Morgan fingerprint density at radius 3 is 1.93 bits per heavy atom. The van der Waals surface area contributed by atoms with Gasteiger partial charge in [0.1, 0.15) is 106 Å². The molecule has 0 amide bonds. The molecule has 2 fully saturated rings. The van der Waals surface area contributed by atoms with Crippen LogP contribution in [0.4, 0.5) is 8.78 Å². The van der Waals surface area contributed by atoms with Crippen molar-refractivity contribution < 1.29 is 96.4 Å². The fraction of sp³-hybridized carbons (Fsp3) is 0.408. The summed E-state index contributed by atoms with van der Waals surface area (Å²) in [5.41, 5.74) is 4.29. The summed E-state index contributed by atoms with van der Waals surface area (Å²) in [6, 6.07) is 23.6. The van der Waals surface area contributed by atoms with Gasteiger partial charge in [0.15, 0.2) is 0 Å². The average Bonchev–Trinajstić information content (AvgIpc) is 1.68. The zero-order valence-corrected chi connectivity index (χ0v) is 58.8. The number of aryl methyl sites for hydroxylation is 1. The van der Waals surface area contributed by atoms with Crippen LogP contribution in [0, 0.1) is 25.2 Å². The Labute approximate surface area is 603 Å². The van der Waals surface area contributed by atoms with E-state index in [0.29, 0.717) is 88.4 Å². The second-order valence-corrected chi connectivity index (χ2v) is 26.1. The van der Waals surface area contributed by atoms with Crippen LogP contribution in [-0.2, 0) is 45.1 Å². The molecule has 1 aliphatic heterocycles. The molecule has 2 aliphatic carbocycles. The summed E-state index contributed by atoms with van der Waals surface area (Å²) in [6.45, 7) is 4.16. The number of hydrogen-bond acceptors (Lipinski definition) is 22. The molecule has 0 saturated heterocycles. The molecule has 8 atom stereocenters. The monoisotopic (exact) mass is 1450 g/mol. The highest BCUT2D eigenvalue weighted by molar-refractivity contribution is 6.28. The highest BCUT2D eigenvalue weighted by Crippen LogP contribution is 2.43. The number of pyridine rings is 1. The Morgan fingerprint density at radius 2 is 1.29 bits per heavy atom. The molecule has 0 radical (unpaired) electrons. The molecule has 27 nitrogen and oxygen atoms in total. The molecular weight excluding hydrogens is 1360 g/mol. The first-order valence-electron chi connectivity index (χ1n) is 34.5. The van der Waals surface area contributed by atoms with Crippen molar-refractivity contribution in [2.45, 2.75) is 147 Å². The summed E-state index contributed by atoms with van der Waals surface area (Å²) in [5, 5.41) is 90.7. The number of aromatic carboxylic acids is 2. The molecule has 8 unspecified atom stereocenters. The second-order valence-electron chi connectivity index (χ2n) is 26.1. The smallest absolute Gasteiger partial charge is 0.338 e. The number of fused-ring (bicyclic) bond motifs is 2. The van der Waals surface area contributed by atoms with E-state index in [1.165, 1.54) is 81.2 Å². The predicted octanol–water partition coefficient (Wildman–Crippen LogP) is 10.8. The number of methoxy groups -OCH3 is 4. The van der Waals surface area contributed by atoms with Gasteiger partial charge >= 0.3 is 17.9 Å². The van der Waals surface area contributed by atoms with Crippen LogP contribution in [-0.4, -0.2) is 169 Å². The Balaban J connectivity index is 0.760. The van der Waals surface area contributed by atoms with Crippen LogP contribution >= 0.6 is 0 Å². The maximum atomic E-state index is 14.3. The van der Waals surface area contributed by atoms with Gasteiger partial charge in [0.2, 0.25) is 0 Å². The minimum absolute atomic E-state index is 0.0142. The Hall–Kier alpha value is -10.4. The number of aliphatic carboxylic acids is 1. The molecule has 3 aromatic heterocycles. The molecule has 0 bridgehead atoms. The average molecular weight is 1450 g/mol. The van der Waals surface area contributed by atoms with Crippen LogP contribution in [0.5, 0.6) is 34.5 Å². The van der Waals surface area contributed by atoms with Crippen molar-refractivity contribution in [3.8, 4) is 34.5 Å². The fourth-order valence-corrected chi connectivity index (χ4v) is 13.6. The van der Waals surface area contributed by atoms with Crippen molar-refractivity contribution in [2.75, 3.05) is 48.2 Å². The van der Waals surface area contributed by atoms with Gasteiger partial charge in [0.25, 0.3) is 6.43 Å². The van der Waals surface area contributed by atoms with Crippen LogP contribution in [0.3, 0.4) is 0 Å². The fourth-order valence-electron chi connectivity index (χ4n) is 13.6. The van der Waals surface area contributed by atoms with Crippen LogP contribution in [0.1, 0.15) is 141 Å². The maximum Gasteiger partial charge on any atom is 0.338 e. The normalized spacial score (nSPS) is 17.5. The molecule has 4 heterocycles. The predicted molar refractivity (Wildman–Crippen MR) is 379 cm³/mol. The third-order valence-electron chi connectivity index (χ3n) is 19.3. The molecule has 29 heteroatoms. The Kier molecular flexibility index (Phi) is 24.8. The quantitative estimate of drug-likeness (QED) is 0.0169. The minimum Gasteiger partial charge on any atom is -0.496 e. The van der Waals surface area contributed by atoms with Crippen molar-refractivity contribution in [1.82, 2.24) is 35.1 Å². The molecule has 5 aromatic carbocycles. The molecule has 11 rings (SSSR count). The van der Waals surface area contributed by atoms with Gasteiger partial charge in [-0.3, -0.25) is 20.1 Å². The Morgan fingerprint density at radius 1 is 0.686 bits per heavy atom. The summed E-state index contributed by atoms with van der Waals surface area (Å²) >= 11 is 0. The number of benzene rings is 5. The van der Waals surface area contributed by atoms with Gasteiger partial charge in [-0.15, -0.1) is 5.10 Å². The van der Waals surface area contributed by atoms with Crippen LogP contribution in [0.2, 0.25) is 0 Å². The topological polar surface area (TPSA) is 365 Å². The van der Waals surface area contributed by atoms with Crippen LogP contribution in [0.15, 0.2) is 126 Å². The molecule has 8 N–H and O–H groups in total. The number of nitrogens with zero attached hydrogens (tertiary/aromatic N) is 7. The summed E-state index contributed by atoms with van der Waals surface area (Å²) in [7, 11) is 5.51. The van der Waals surface area contributed by atoms with Gasteiger partial charge in [0.05, 0.1) is 94.5 Å². The molecule has 2 saturated carbocycles. The third kappa shape index (κ3) is 17.9. The van der Waals surface area contributed by atoms with E-state index in [0.717, 1.165) is 36.8 Å². The van der Waals surface area contributed by atoms with Gasteiger partial charge in [-0.2, -0.15) is 5.10 Å². The number of carboxylic acid groups (broad SMARTS) is 3. The number of halogens is 2. The lowest BCUT2D eigenvalue weighted by molar-refractivity contribution is -0.132. The summed E-state index contributed by atoms with van der Waals surface area (Å²) in [4.78, 5) is 44.6. The lowest BCUT2D eigenvalue weighted by atomic mass is 10.00. The number of aliphatic imine (C=N–C) groups is 1. The number of rotatable bonds is 36. The van der Waals surface area contributed by atoms with Crippen molar-refractivity contribution in [1.29, 1.82) is 5.41 Å². The van der Waals surface area contributed by atoms with Gasteiger partial charge < -0.3 is 78.6 Å². The lowest BCUT2D eigenvalue weighted by Gasteiger charge is -2.28. The van der Waals surface area contributed by atoms with Crippen molar-refractivity contribution >= 4 is 51.9 Å². The highest BCUT2D eigenvalue weighted by atomic mass is 19.3. The highest BCUT2D eigenvalue weighted by Gasteiger charge is 2.36. The summed E-state index contributed by atoms with van der Waals surface area (Å²) in [6.07, 6.45) is 2.84. The van der Waals surface area contributed by atoms with Crippen LogP contribution in [0.25, 0.3) is 22.1 Å². The van der Waals surface area contributed by atoms with Gasteiger partial charge in [-0.05, 0) is 153 Å². The van der Waals surface area contributed by atoms with Crippen molar-refractivity contribution in [2.24, 2.45) is 10.9 Å². The van der Waals surface area contributed by atoms with Gasteiger partial charge in [-0.25, -0.2) is 27.8 Å². The standard InChI is InChI=1S/C76H85F2N9O18/c1-41-57(97-3)28-46(30-59(41)103-40-45-19-20-50(27-45)105-64(37-86-36-55-68(84-86)53(76(95)96)22-24-82-55)71(89)48-32-61(99-5)66(73(77)78)62(33-48)100-6)70(88)63(35-80-34-54-67(79)51(74(91)92)21-23-81-54)101-25-11-14-43-12-9-13-44(26-43)39-102-60-31-47(29-58(98-4)42(60)2)72(90)65(104-49-15-7-8-16-49)38-87-56-18-10-17-52(75(93)94)69(56)83-85-87/h9-10,12-13,17-18,21-24,26,28-34,36,45,49-50,63-65,70-73,79-80,88-90H,7-8,11,14-16,19-20,25,27,35,37-40H2,1-6H3,(H,91,92)(H,93,94)(H,95,96)/b54-34+,79-67?. The molecule has 556 valence electrons. The van der Waals surface area contributed by atoms with E-state index in [-0.39, 0.29) is 108 Å². The molecular formula is C76H85F2N9O18.